The maximum atomic E-state index is 15.5. The molecule has 1 N–H and O–H groups in total. The molecule has 298 valence electrons. The maximum absolute atomic E-state index is 15.5. The fraction of sp³-hybridized carbons (Fsp3) is 0.514. The number of piperidine rings is 1. The van der Waals surface area contributed by atoms with Gasteiger partial charge in [-0.3, -0.25) is 24.3 Å². The van der Waals surface area contributed by atoms with Gasteiger partial charge in [0.15, 0.2) is 0 Å². The number of piperazine rings is 1. The molecule has 0 saturated carbocycles. The lowest BCUT2D eigenvalue weighted by atomic mass is 9.78. The van der Waals surface area contributed by atoms with E-state index in [1.165, 1.54) is 4.90 Å². The number of pyridine rings is 1. The zero-order chi connectivity index (χ0) is 39.7. The van der Waals surface area contributed by atoms with E-state index in [0.717, 1.165) is 40.2 Å². The SMILES string of the molecule is CCC[C@H]1N(C(=O)c2ncccc2C(F)(F)F)CCC[C@@]1(Oc1csc(C(F)(F)F)c1)C(=O)N1CCc2cc(Cl)ccc2C1C(=O)N1CCN(CCO)CC1. The molecule has 2 aromatic heterocycles. The first-order valence-corrected chi connectivity index (χ1v) is 19.2. The van der Waals surface area contributed by atoms with Crippen LogP contribution >= 0.6 is 22.9 Å². The van der Waals surface area contributed by atoms with Crippen LogP contribution in [0.3, 0.4) is 0 Å². The lowest BCUT2D eigenvalue weighted by molar-refractivity contribution is -0.166. The van der Waals surface area contributed by atoms with Gasteiger partial charge in [0, 0.05) is 74.9 Å². The average Bonchev–Trinajstić information content (AvgIpc) is 3.63. The number of likely N-dealkylation sites (tertiary alicyclic amines) is 1. The monoisotopic (exact) mass is 815 g/mol. The second kappa shape index (κ2) is 16.3. The van der Waals surface area contributed by atoms with Crippen molar-refractivity contribution in [3.63, 3.8) is 0 Å². The number of amides is 3. The fourth-order valence-electron chi connectivity index (χ4n) is 7.91. The Morgan fingerprint density at radius 3 is 2.40 bits per heavy atom. The summed E-state index contributed by atoms with van der Waals surface area (Å²) in [7, 11) is 0. The van der Waals surface area contributed by atoms with Gasteiger partial charge in [-0.1, -0.05) is 31.0 Å². The van der Waals surface area contributed by atoms with Crippen LogP contribution in [-0.2, 0) is 28.4 Å². The van der Waals surface area contributed by atoms with E-state index >= 15 is 4.79 Å². The number of alkyl halides is 6. The molecule has 3 aromatic rings. The van der Waals surface area contributed by atoms with Crippen molar-refractivity contribution in [3.05, 3.63) is 80.3 Å². The van der Waals surface area contributed by atoms with Crippen LogP contribution in [0.4, 0.5) is 26.3 Å². The van der Waals surface area contributed by atoms with Crippen molar-refractivity contribution in [2.24, 2.45) is 0 Å². The van der Waals surface area contributed by atoms with E-state index in [9.17, 15) is 41.0 Å². The molecule has 1 unspecified atom stereocenters. The molecule has 18 heteroatoms. The minimum atomic E-state index is -4.94. The van der Waals surface area contributed by atoms with Crippen molar-refractivity contribution in [2.75, 3.05) is 52.4 Å². The van der Waals surface area contributed by atoms with Crippen LogP contribution in [0, 0.1) is 0 Å². The van der Waals surface area contributed by atoms with Crippen LogP contribution < -0.4 is 4.74 Å². The molecule has 1 aromatic carbocycles. The summed E-state index contributed by atoms with van der Waals surface area (Å²) in [5.41, 5.74) is -3.06. The fourth-order valence-corrected chi connectivity index (χ4v) is 8.78. The molecule has 2 fully saturated rings. The standard InChI is InChI=1S/C37H40ClF6N5O5S/c1-2-5-28-35(54-25-21-29(55-22-25)37(42,43)44,10-4-12-48(28)32(51)30-27(36(39,40)41)6-3-11-45-30)34(53)49-13-9-23-20-24(38)7-8-26(23)31(49)33(52)47-16-14-46(15-17-47)18-19-50/h3,6-8,11,20-22,28,31,50H,2,4-5,9-10,12-19H2,1H3/t28-,31?,35+/m1/s1. The Balaban J connectivity index is 1.46. The number of rotatable bonds is 9. The molecule has 3 aliphatic heterocycles. The normalized spacial score (nSPS) is 22.4. The van der Waals surface area contributed by atoms with Gasteiger partial charge in [0.2, 0.25) is 11.5 Å². The van der Waals surface area contributed by atoms with Crippen LogP contribution in [0.25, 0.3) is 0 Å². The molecule has 55 heavy (non-hydrogen) atoms. The number of β-amino-alcohol motifs (C(OH)–C–C–N with tert-alkyl or cyclic N) is 1. The Morgan fingerprint density at radius 1 is 1.00 bits per heavy atom. The number of carbonyl (C=O) groups is 3. The minimum absolute atomic E-state index is 0.0212. The van der Waals surface area contributed by atoms with Crippen molar-refractivity contribution in [1.29, 1.82) is 0 Å². The number of nitrogens with zero attached hydrogens (tertiary/aromatic N) is 5. The second-order valence-electron chi connectivity index (χ2n) is 13.8. The first-order chi connectivity index (χ1) is 26.1. The predicted octanol–water partition coefficient (Wildman–Crippen LogP) is 6.32. The molecule has 0 bridgehead atoms. The molecular weight excluding hydrogens is 776 g/mol. The summed E-state index contributed by atoms with van der Waals surface area (Å²) in [6.07, 6.45) is -8.11. The molecular formula is C37H40ClF6N5O5S. The largest absolute Gasteiger partial charge is 0.474 e. The Labute approximate surface area is 322 Å². The third-order valence-corrected chi connectivity index (χ3v) is 11.6. The van der Waals surface area contributed by atoms with E-state index in [2.05, 4.69) is 4.98 Å². The van der Waals surface area contributed by atoms with E-state index in [1.54, 1.807) is 30.0 Å². The van der Waals surface area contributed by atoms with E-state index in [4.69, 9.17) is 16.3 Å². The number of halogens is 7. The third-order valence-electron chi connectivity index (χ3n) is 10.4. The van der Waals surface area contributed by atoms with Crippen LogP contribution in [0.1, 0.15) is 70.7 Å². The molecule has 3 amide bonds. The van der Waals surface area contributed by atoms with Gasteiger partial charge >= 0.3 is 12.4 Å². The molecule has 2 saturated heterocycles. The van der Waals surface area contributed by atoms with Crippen LogP contribution in [0.5, 0.6) is 5.75 Å². The van der Waals surface area contributed by atoms with Gasteiger partial charge in [0.1, 0.15) is 22.4 Å². The van der Waals surface area contributed by atoms with Gasteiger partial charge < -0.3 is 24.5 Å². The molecule has 0 radical (unpaired) electrons. The van der Waals surface area contributed by atoms with Gasteiger partial charge in [0.05, 0.1) is 18.2 Å². The molecule has 3 aliphatic rings. The highest BCUT2D eigenvalue weighted by Gasteiger charge is 2.58. The Morgan fingerprint density at radius 2 is 1.75 bits per heavy atom. The number of hydrogen-bond acceptors (Lipinski definition) is 8. The van der Waals surface area contributed by atoms with Gasteiger partial charge in [0.25, 0.3) is 11.8 Å². The number of carbonyl (C=O) groups excluding carboxylic acids is 3. The summed E-state index contributed by atoms with van der Waals surface area (Å²) in [5, 5.41) is 10.9. The lowest BCUT2D eigenvalue weighted by Crippen LogP contribution is -2.69. The summed E-state index contributed by atoms with van der Waals surface area (Å²) in [6, 6.07) is 5.01. The number of aliphatic hydroxyl groups is 1. The summed E-state index contributed by atoms with van der Waals surface area (Å²) in [6.45, 7) is 3.52. The van der Waals surface area contributed by atoms with Gasteiger partial charge in [-0.05, 0) is 54.7 Å². The molecule has 3 atom stereocenters. The number of fused-ring (bicyclic) bond motifs is 1. The number of ether oxygens (including phenoxy) is 1. The zero-order valence-corrected chi connectivity index (χ0v) is 31.4. The molecule has 0 spiro atoms. The maximum Gasteiger partial charge on any atom is 0.425 e. The van der Waals surface area contributed by atoms with Crippen molar-refractivity contribution >= 4 is 40.7 Å². The zero-order valence-electron chi connectivity index (χ0n) is 29.8. The number of benzene rings is 1. The van der Waals surface area contributed by atoms with Crippen LogP contribution in [0.2, 0.25) is 5.02 Å². The Hall–Kier alpha value is -3.93. The summed E-state index contributed by atoms with van der Waals surface area (Å²) >= 11 is 6.69. The van der Waals surface area contributed by atoms with Crippen molar-refractivity contribution < 1.29 is 50.6 Å². The lowest BCUT2D eigenvalue weighted by Gasteiger charge is -2.51. The van der Waals surface area contributed by atoms with Crippen LogP contribution in [-0.4, -0.2) is 111 Å². The minimum Gasteiger partial charge on any atom is -0.474 e. The Bertz CT molecular complexity index is 1890. The van der Waals surface area contributed by atoms with Crippen molar-refractivity contribution in [3.8, 4) is 5.75 Å². The summed E-state index contributed by atoms with van der Waals surface area (Å²) in [4.78, 5) is 53.2. The van der Waals surface area contributed by atoms with Crippen molar-refractivity contribution in [2.45, 2.75) is 69.1 Å². The summed E-state index contributed by atoms with van der Waals surface area (Å²) in [5.74, 6) is -2.61. The number of aliphatic hydroxyl groups excluding tert-OH is 1. The van der Waals surface area contributed by atoms with E-state index in [1.807, 2.05) is 4.90 Å². The van der Waals surface area contributed by atoms with Crippen molar-refractivity contribution in [1.82, 2.24) is 24.6 Å². The molecule has 5 heterocycles. The highest BCUT2D eigenvalue weighted by atomic mass is 35.5. The number of hydrogen-bond donors (Lipinski definition) is 1. The van der Waals surface area contributed by atoms with E-state index in [-0.39, 0.29) is 51.1 Å². The van der Waals surface area contributed by atoms with Gasteiger partial charge in [-0.25, -0.2) is 0 Å². The smallest absolute Gasteiger partial charge is 0.425 e. The number of thiophene rings is 1. The van der Waals surface area contributed by atoms with E-state index in [0.29, 0.717) is 61.1 Å². The number of aromatic nitrogens is 1. The van der Waals surface area contributed by atoms with Gasteiger partial charge in [-0.15, -0.1) is 11.3 Å². The average molecular weight is 816 g/mol. The predicted molar refractivity (Wildman–Crippen MR) is 191 cm³/mol. The second-order valence-corrected chi connectivity index (χ2v) is 15.2. The highest BCUT2D eigenvalue weighted by molar-refractivity contribution is 7.10. The first-order valence-electron chi connectivity index (χ1n) is 18.0. The Kier molecular flexibility index (Phi) is 12.1. The van der Waals surface area contributed by atoms with E-state index < -0.39 is 63.9 Å². The molecule has 6 rings (SSSR count). The summed E-state index contributed by atoms with van der Waals surface area (Å²) < 4.78 is 90.4. The quantitative estimate of drug-likeness (QED) is 0.252. The third kappa shape index (κ3) is 8.30. The van der Waals surface area contributed by atoms with Crippen LogP contribution in [0.15, 0.2) is 48.0 Å². The first kappa shape index (κ1) is 40.7. The topological polar surface area (TPSA) is 107 Å². The molecule has 0 aliphatic carbocycles. The van der Waals surface area contributed by atoms with Gasteiger partial charge in [-0.2, -0.15) is 26.3 Å². The highest BCUT2D eigenvalue weighted by Crippen LogP contribution is 2.44. The molecule has 10 nitrogen and oxygen atoms in total.